The standard InChI is InChI=1S/C23H25N5OS2/c1-4-27-11-10-15-19(13-27)31-23(25-21(29)17-12-14(3)26-28(17)5-2)20(15)22-24-16-8-6-7-9-18(16)30-22/h6-9,12H,4-5,10-11,13H2,1-3H3,(H,25,29). The smallest absolute Gasteiger partial charge is 0.274 e. The molecule has 1 N–H and O–H groups in total. The minimum absolute atomic E-state index is 0.115. The van der Waals surface area contributed by atoms with E-state index in [4.69, 9.17) is 4.98 Å². The van der Waals surface area contributed by atoms with Crippen LogP contribution in [0.2, 0.25) is 0 Å². The predicted octanol–water partition coefficient (Wildman–Crippen LogP) is 5.18. The van der Waals surface area contributed by atoms with Gasteiger partial charge in [0.2, 0.25) is 0 Å². The van der Waals surface area contributed by atoms with Gasteiger partial charge in [-0.05, 0) is 50.6 Å². The Hall–Kier alpha value is -2.55. The maximum atomic E-state index is 13.2. The summed E-state index contributed by atoms with van der Waals surface area (Å²) in [6, 6.07) is 10.1. The van der Waals surface area contributed by atoms with E-state index >= 15 is 0 Å². The van der Waals surface area contributed by atoms with Crippen LogP contribution in [0, 0.1) is 6.92 Å². The first-order chi connectivity index (χ1) is 15.1. The lowest BCUT2D eigenvalue weighted by atomic mass is 10.0. The average Bonchev–Trinajstić information content (AvgIpc) is 3.46. The van der Waals surface area contributed by atoms with Crippen molar-refractivity contribution in [3.8, 4) is 10.6 Å². The van der Waals surface area contributed by atoms with E-state index in [0.717, 1.165) is 52.8 Å². The number of likely N-dealkylation sites (N-methyl/N-ethyl adjacent to an activating group) is 1. The van der Waals surface area contributed by atoms with Gasteiger partial charge < -0.3 is 5.32 Å². The van der Waals surface area contributed by atoms with Crippen molar-refractivity contribution >= 4 is 43.8 Å². The van der Waals surface area contributed by atoms with E-state index in [1.165, 1.54) is 15.1 Å². The number of fused-ring (bicyclic) bond motifs is 2. The summed E-state index contributed by atoms with van der Waals surface area (Å²) >= 11 is 3.39. The van der Waals surface area contributed by atoms with E-state index in [9.17, 15) is 4.79 Å². The van der Waals surface area contributed by atoms with Crippen molar-refractivity contribution in [3.05, 3.63) is 52.2 Å². The SMILES string of the molecule is CCN1CCc2c(sc(NC(=O)c3cc(C)nn3CC)c2-c2nc3ccccc3s2)C1. The molecule has 0 spiro atoms. The summed E-state index contributed by atoms with van der Waals surface area (Å²) < 4.78 is 2.93. The summed E-state index contributed by atoms with van der Waals surface area (Å²) in [6.07, 6.45) is 0.979. The van der Waals surface area contributed by atoms with Gasteiger partial charge in [0.15, 0.2) is 0 Å². The van der Waals surface area contributed by atoms with Crippen LogP contribution >= 0.6 is 22.7 Å². The molecule has 5 rings (SSSR count). The molecule has 1 aliphatic heterocycles. The molecule has 0 radical (unpaired) electrons. The zero-order valence-corrected chi connectivity index (χ0v) is 19.6. The van der Waals surface area contributed by atoms with E-state index in [1.807, 2.05) is 38.1 Å². The highest BCUT2D eigenvalue weighted by molar-refractivity contribution is 7.22. The van der Waals surface area contributed by atoms with Gasteiger partial charge in [0.05, 0.1) is 15.9 Å². The Morgan fingerprint density at radius 3 is 2.81 bits per heavy atom. The number of rotatable bonds is 5. The number of thiophene rings is 1. The number of aromatic nitrogens is 3. The second kappa shape index (κ2) is 8.18. The number of hydrogen-bond acceptors (Lipinski definition) is 6. The molecule has 4 aromatic rings. The van der Waals surface area contributed by atoms with E-state index in [1.54, 1.807) is 27.4 Å². The van der Waals surface area contributed by atoms with Gasteiger partial charge in [-0.3, -0.25) is 14.4 Å². The number of carbonyl (C=O) groups excluding carboxylic acids is 1. The van der Waals surface area contributed by atoms with Gasteiger partial charge in [-0.1, -0.05) is 19.1 Å². The van der Waals surface area contributed by atoms with Crippen molar-refractivity contribution in [2.24, 2.45) is 0 Å². The lowest BCUT2D eigenvalue weighted by Crippen LogP contribution is -2.29. The molecule has 0 saturated heterocycles. The summed E-state index contributed by atoms with van der Waals surface area (Å²) in [5, 5.41) is 9.53. The second-order valence-electron chi connectivity index (χ2n) is 7.75. The van der Waals surface area contributed by atoms with Crippen LogP contribution in [0.3, 0.4) is 0 Å². The molecule has 160 valence electrons. The van der Waals surface area contributed by atoms with Crippen LogP contribution in [-0.4, -0.2) is 38.7 Å². The number of carbonyl (C=O) groups is 1. The number of hydrogen-bond donors (Lipinski definition) is 1. The molecule has 3 aromatic heterocycles. The van der Waals surface area contributed by atoms with Crippen LogP contribution in [0.1, 0.15) is 40.5 Å². The molecule has 0 bridgehead atoms. The predicted molar refractivity (Wildman–Crippen MR) is 128 cm³/mol. The third-order valence-corrected chi connectivity index (χ3v) is 7.94. The molecule has 1 amide bonds. The van der Waals surface area contributed by atoms with Gasteiger partial charge in [0.25, 0.3) is 5.91 Å². The third kappa shape index (κ3) is 3.69. The van der Waals surface area contributed by atoms with E-state index < -0.39 is 0 Å². The maximum absolute atomic E-state index is 13.2. The number of benzene rings is 1. The largest absolute Gasteiger partial charge is 0.312 e. The topological polar surface area (TPSA) is 63.1 Å². The number of nitrogens with one attached hydrogen (secondary N) is 1. The second-order valence-corrected chi connectivity index (χ2v) is 9.89. The van der Waals surface area contributed by atoms with Gasteiger partial charge in [0, 0.05) is 30.1 Å². The normalized spacial score (nSPS) is 14.2. The Morgan fingerprint density at radius 2 is 2.03 bits per heavy atom. The average molecular weight is 452 g/mol. The fourth-order valence-electron chi connectivity index (χ4n) is 4.16. The third-order valence-electron chi connectivity index (χ3n) is 5.75. The van der Waals surface area contributed by atoms with Gasteiger partial charge in [0.1, 0.15) is 15.7 Å². The van der Waals surface area contributed by atoms with Crippen molar-refractivity contribution in [1.29, 1.82) is 0 Å². The van der Waals surface area contributed by atoms with E-state index in [-0.39, 0.29) is 5.91 Å². The van der Waals surface area contributed by atoms with Crippen LogP contribution in [0.5, 0.6) is 0 Å². The molecule has 0 unspecified atom stereocenters. The summed E-state index contributed by atoms with van der Waals surface area (Å²) in [5.74, 6) is -0.115. The number of nitrogens with zero attached hydrogens (tertiary/aromatic N) is 4. The summed E-state index contributed by atoms with van der Waals surface area (Å²) in [7, 11) is 0. The van der Waals surface area contributed by atoms with Crippen LogP contribution in [0.25, 0.3) is 20.8 Å². The Balaban J connectivity index is 1.59. The first-order valence-corrected chi connectivity index (χ1v) is 12.3. The molecule has 6 nitrogen and oxygen atoms in total. The Kier molecular flexibility index (Phi) is 5.37. The molecule has 1 aliphatic rings. The Bertz CT molecular complexity index is 1240. The fourth-order valence-corrected chi connectivity index (χ4v) is 6.55. The first-order valence-electron chi connectivity index (χ1n) is 10.7. The van der Waals surface area contributed by atoms with Gasteiger partial charge >= 0.3 is 0 Å². The minimum Gasteiger partial charge on any atom is -0.312 e. The molecule has 31 heavy (non-hydrogen) atoms. The summed E-state index contributed by atoms with van der Waals surface area (Å²) in [6.45, 7) is 9.77. The first kappa shape index (κ1) is 20.4. The van der Waals surface area contributed by atoms with E-state index in [2.05, 4.69) is 28.3 Å². The van der Waals surface area contributed by atoms with Gasteiger partial charge in [-0.2, -0.15) is 5.10 Å². The van der Waals surface area contributed by atoms with Crippen LogP contribution in [0.4, 0.5) is 5.00 Å². The molecule has 4 heterocycles. The number of anilines is 1. The monoisotopic (exact) mass is 451 g/mol. The maximum Gasteiger partial charge on any atom is 0.274 e. The van der Waals surface area contributed by atoms with Crippen molar-refractivity contribution in [3.63, 3.8) is 0 Å². The van der Waals surface area contributed by atoms with Crippen molar-refractivity contribution < 1.29 is 4.79 Å². The van der Waals surface area contributed by atoms with E-state index in [0.29, 0.717) is 12.2 Å². The van der Waals surface area contributed by atoms with Crippen LogP contribution in [0.15, 0.2) is 30.3 Å². The van der Waals surface area contributed by atoms with Crippen LogP contribution in [-0.2, 0) is 19.5 Å². The lowest BCUT2D eigenvalue weighted by molar-refractivity contribution is 0.101. The van der Waals surface area contributed by atoms with Crippen molar-refractivity contribution in [2.75, 3.05) is 18.4 Å². The fraction of sp³-hybridized carbons (Fsp3) is 0.348. The molecule has 0 aliphatic carbocycles. The number of amides is 1. The molecule has 0 atom stereocenters. The molecule has 0 fully saturated rings. The molecule has 8 heteroatoms. The molecule has 1 aromatic carbocycles. The number of thiazole rings is 1. The minimum atomic E-state index is -0.115. The molecular formula is C23H25N5OS2. The van der Waals surface area contributed by atoms with Gasteiger partial charge in [-0.15, -0.1) is 22.7 Å². The number of aryl methyl sites for hydroxylation is 2. The Labute approximate surface area is 189 Å². The zero-order chi connectivity index (χ0) is 21.5. The van der Waals surface area contributed by atoms with Crippen LogP contribution < -0.4 is 5.32 Å². The lowest BCUT2D eigenvalue weighted by Gasteiger charge is -2.25. The van der Waals surface area contributed by atoms with Gasteiger partial charge in [-0.25, -0.2) is 4.98 Å². The number of para-hydroxylation sites is 1. The molecule has 0 saturated carbocycles. The highest BCUT2D eigenvalue weighted by Gasteiger charge is 2.28. The van der Waals surface area contributed by atoms with Crippen molar-refractivity contribution in [1.82, 2.24) is 19.7 Å². The molecular weight excluding hydrogens is 426 g/mol. The van der Waals surface area contributed by atoms with Crippen molar-refractivity contribution in [2.45, 2.75) is 40.3 Å². The summed E-state index contributed by atoms with van der Waals surface area (Å²) in [5.41, 5.74) is 4.89. The highest BCUT2D eigenvalue weighted by atomic mass is 32.1. The Morgan fingerprint density at radius 1 is 1.19 bits per heavy atom. The highest BCUT2D eigenvalue weighted by Crippen LogP contribution is 2.45. The quantitative estimate of drug-likeness (QED) is 0.454. The summed E-state index contributed by atoms with van der Waals surface area (Å²) in [4.78, 5) is 21.9. The zero-order valence-electron chi connectivity index (χ0n) is 17.9.